The predicted octanol–water partition coefficient (Wildman–Crippen LogP) is 22.9. The summed E-state index contributed by atoms with van der Waals surface area (Å²) in [6.07, 6.45) is 84.8. The third-order valence-corrected chi connectivity index (χ3v) is 14.7. The molecular formula is C71H126O6. The second-order valence-corrected chi connectivity index (χ2v) is 22.4. The Morgan fingerprint density at radius 2 is 0.506 bits per heavy atom. The predicted molar refractivity (Wildman–Crippen MR) is 335 cm³/mol. The van der Waals surface area contributed by atoms with E-state index in [4.69, 9.17) is 14.2 Å². The summed E-state index contributed by atoms with van der Waals surface area (Å²) in [5.74, 6) is -0.877. The number of esters is 3. The number of carbonyl (C=O) groups excluding carboxylic acids is 3. The molecular weight excluding hydrogens is 949 g/mol. The molecule has 6 nitrogen and oxygen atoms in total. The van der Waals surface area contributed by atoms with Gasteiger partial charge < -0.3 is 14.2 Å². The molecule has 0 aliphatic carbocycles. The Balaban J connectivity index is 4.33. The van der Waals surface area contributed by atoms with Crippen molar-refractivity contribution in [2.75, 3.05) is 13.2 Å². The number of allylic oxidation sites excluding steroid dienone is 12. The van der Waals surface area contributed by atoms with Crippen LogP contribution in [0.2, 0.25) is 0 Å². The molecule has 77 heavy (non-hydrogen) atoms. The van der Waals surface area contributed by atoms with E-state index >= 15 is 0 Å². The van der Waals surface area contributed by atoms with Crippen molar-refractivity contribution in [2.24, 2.45) is 0 Å². The highest BCUT2D eigenvalue weighted by Gasteiger charge is 2.19. The van der Waals surface area contributed by atoms with Crippen LogP contribution >= 0.6 is 0 Å². The van der Waals surface area contributed by atoms with Gasteiger partial charge in [-0.25, -0.2) is 0 Å². The van der Waals surface area contributed by atoms with Gasteiger partial charge in [-0.2, -0.15) is 0 Å². The maximum Gasteiger partial charge on any atom is 0.306 e. The van der Waals surface area contributed by atoms with E-state index in [9.17, 15) is 14.4 Å². The lowest BCUT2D eigenvalue weighted by Crippen LogP contribution is -2.30. The summed E-state index contributed by atoms with van der Waals surface area (Å²) in [4.78, 5) is 38.4. The Hall–Kier alpha value is -3.15. The van der Waals surface area contributed by atoms with Gasteiger partial charge in [0.25, 0.3) is 0 Å². The fraction of sp³-hybridized carbons (Fsp3) is 0.789. The zero-order chi connectivity index (χ0) is 55.7. The molecule has 0 heterocycles. The monoisotopic (exact) mass is 1070 g/mol. The van der Waals surface area contributed by atoms with Gasteiger partial charge >= 0.3 is 17.9 Å². The molecule has 0 amide bonds. The number of hydrogen-bond acceptors (Lipinski definition) is 6. The largest absolute Gasteiger partial charge is 0.462 e. The van der Waals surface area contributed by atoms with Crippen LogP contribution in [0.25, 0.3) is 0 Å². The number of rotatable bonds is 61. The van der Waals surface area contributed by atoms with Crippen LogP contribution in [0.1, 0.15) is 342 Å². The first-order valence-electron chi connectivity index (χ1n) is 33.4. The van der Waals surface area contributed by atoms with Gasteiger partial charge in [0.05, 0.1) is 0 Å². The molecule has 6 heteroatoms. The zero-order valence-electron chi connectivity index (χ0n) is 51.2. The summed E-state index contributed by atoms with van der Waals surface area (Å²) in [5, 5.41) is 0. The van der Waals surface area contributed by atoms with Crippen molar-refractivity contribution < 1.29 is 28.6 Å². The van der Waals surface area contributed by atoms with Crippen LogP contribution in [0.3, 0.4) is 0 Å². The quantitative estimate of drug-likeness (QED) is 0.0261. The van der Waals surface area contributed by atoms with E-state index in [0.29, 0.717) is 19.3 Å². The van der Waals surface area contributed by atoms with E-state index in [1.165, 1.54) is 199 Å². The first-order valence-corrected chi connectivity index (χ1v) is 33.4. The van der Waals surface area contributed by atoms with Crippen LogP contribution in [0.15, 0.2) is 72.9 Å². The van der Waals surface area contributed by atoms with E-state index in [1.54, 1.807) is 0 Å². The van der Waals surface area contributed by atoms with Gasteiger partial charge in [0.15, 0.2) is 6.10 Å². The summed E-state index contributed by atoms with van der Waals surface area (Å²) < 4.78 is 17.0. The molecule has 0 aliphatic rings. The molecule has 0 saturated heterocycles. The normalized spacial score (nSPS) is 12.5. The van der Waals surface area contributed by atoms with Gasteiger partial charge in [-0.05, 0) is 89.9 Å². The zero-order valence-corrected chi connectivity index (χ0v) is 51.2. The van der Waals surface area contributed by atoms with E-state index in [1.807, 2.05) is 0 Å². The van der Waals surface area contributed by atoms with Gasteiger partial charge in [-0.15, -0.1) is 0 Å². The van der Waals surface area contributed by atoms with Gasteiger partial charge in [0.2, 0.25) is 0 Å². The second kappa shape index (κ2) is 65.4. The van der Waals surface area contributed by atoms with Gasteiger partial charge in [-0.1, -0.05) is 306 Å². The minimum atomic E-state index is -0.783. The Kier molecular flexibility index (Phi) is 62.7. The van der Waals surface area contributed by atoms with Crippen molar-refractivity contribution in [3.8, 4) is 0 Å². The molecule has 0 aromatic carbocycles. The van der Waals surface area contributed by atoms with Crippen LogP contribution in [-0.4, -0.2) is 37.2 Å². The number of hydrogen-bond donors (Lipinski definition) is 0. The smallest absolute Gasteiger partial charge is 0.306 e. The molecule has 0 fully saturated rings. The van der Waals surface area contributed by atoms with E-state index in [-0.39, 0.29) is 31.1 Å². The highest BCUT2D eigenvalue weighted by Crippen LogP contribution is 2.17. The number of carbonyl (C=O) groups is 3. The Morgan fingerprint density at radius 1 is 0.273 bits per heavy atom. The lowest BCUT2D eigenvalue weighted by Gasteiger charge is -2.18. The third-order valence-electron chi connectivity index (χ3n) is 14.7. The summed E-state index contributed by atoms with van der Waals surface area (Å²) >= 11 is 0. The standard InChI is InChI=1S/C71H126O6/c1-4-7-10-13-16-19-22-25-28-30-32-34-35-37-38-40-43-46-49-52-55-58-61-64-70(73)76-67-68(66-75-69(72)63-60-57-54-51-48-45-42-27-24-21-18-15-12-9-6-3)77-71(74)65-62-59-56-53-50-47-44-41-39-36-33-31-29-26-23-20-17-14-11-8-5-2/h7,10,16,18-19,21,25,27-28,32,34,42,68H,4-6,8-9,11-15,17,20,22-24,26,29-31,33,35-41,43-67H2,1-3H3/b10-7-,19-16-,21-18-,28-25-,34-32-,42-27-. The molecule has 0 N–H and O–H groups in total. The van der Waals surface area contributed by atoms with Crippen molar-refractivity contribution in [1.82, 2.24) is 0 Å². The Bertz CT molecular complexity index is 1420. The summed E-state index contributed by atoms with van der Waals surface area (Å²) in [5.41, 5.74) is 0. The second-order valence-electron chi connectivity index (χ2n) is 22.4. The molecule has 0 bridgehead atoms. The lowest BCUT2D eigenvalue weighted by atomic mass is 10.0. The molecule has 0 aromatic rings. The van der Waals surface area contributed by atoms with E-state index in [0.717, 1.165) is 103 Å². The first kappa shape index (κ1) is 73.8. The minimum absolute atomic E-state index is 0.0791. The van der Waals surface area contributed by atoms with Crippen molar-refractivity contribution in [2.45, 2.75) is 348 Å². The molecule has 0 rings (SSSR count). The molecule has 0 aromatic heterocycles. The van der Waals surface area contributed by atoms with Crippen molar-refractivity contribution in [3.63, 3.8) is 0 Å². The maximum atomic E-state index is 12.9. The molecule has 1 unspecified atom stereocenters. The average Bonchev–Trinajstić information content (AvgIpc) is 3.43. The van der Waals surface area contributed by atoms with Gasteiger partial charge in [-0.3, -0.25) is 14.4 Å². The van der Waals surface area contributed by atoms with Crippen LogP contribution in [0, 0.1) is 0 Å². The van der Waals surface area contributed by atoms with Gasteiger partial charge in [0, 0.05) is 19.3 Å². The average molecular weight is 1080 g/mol. The maximum absolute atomic E-state index is 12.9. The van der Waals surface area contributed by atoms with Crippen LogP contribution in [0.4, 0.5) is 0 Å². The third kappa shape index (κ3) is 63.6. The van der Waals surface area contributed by atoms with Crippen molar-refractivity contribution in [1.29, 1.82) is 0 Å². The molecule has 1 atom stereocenters. The number of ether oxygens (including phenoxy) is 3. The van der Waals surface area contributed by atoms with Crippen molar-refractivity contribution >= 4 is 17.9 Å². The summed E-state index contributed by atoms with van der Waals surface area (Å²) in [7, 11) is 0. The SMILES string of the molecule is CC/C=C\C/C=C\C/C=C\C/C=C\CCCCCCCCCCCCC(=O)OCC(COC(=O)CCCCCCC/C=C\C/C=C\CCCCC)OC(=O)CCCCCCCCCCCCCCCCCCCCCCC. The van der Waals surface area contributed by atoms with Crippen LogP contribution < -0.4 is 0 Å². The van der Waals surface area contributed by atoms with Crippen LogP contribution in [-0.2, 0) is 28.6 Å². The fourth-order valence-corrected chi connectivity index (χ4v) is 9.70. The summed E-state index contributed by atoms with van der Waals surface area (Å²) in [6, 6.07) is 0. The number of unbranched alkanes of at least 4 members (excludes halogenated alkanes) is 38. The lowest BCUT2D eigenvalue weighted by molar-refractivity contribution is -0.167. The molecule has 0 radical (unpaired) electrons. The Morgan fingerprint density at radius 3 is 0.818 bits per heavy atom. The molecule has 0 aliphatic heterocycles. The highest BCUT2D eigenvalue weighted by molar-refractivity contribution is 5.71. The fourth-order valence-electron chi connectivity index (χ4n) is 9.70. The van der Waals surface area contributed by atoms with Gasteiger partial charge in [0.1, 0.15) is 13.2 Å². The molecule has 0 spiro atoms. The molecule has 446 valence electrons. The van der Waals surface area contributed by atoms with Crippen LogP contribution in [0.5, 0.6) is 0 Å². The van der Waals surface area contributed by atoms with Crippen molar-refractivity contribution in [3.05, 3.63) is 72.9 Å². The highest BCUT2D eigenvalue weighted by atomic mass is 16.6. The first-order chi connectivity index (χ1) is 38.0. The van der Waals surface area contributed by atoms with E-state index < -0.39 is 6.10 Å². The topological polar surface area (TPSA) is 78.9 Å². The summed E-state index contributed by atoms with van der Waals surface area (Å²) in [6.45, 7) is 6.54. The minimum Gasteiger partial charge on any atom is -0.462 e. The van der Waals surface area contributed by atoms with E-state index in [2.05, 4.69) is 93.7 Å². The Labute approximate surface area is 478 Å². The molecule has 0 saturated carbocycles.